The second-order valence-electron chi connectivity index (χ2n) is 8.41. The van der Waals surface area contributed by atoms with E-state index in [1.165, 1.54) is 0 Å². The molecule has 0 saturated heterocycles. The number of ether oxygens (including phenoxy) is 1. The first-order chi connectivity index (χ1) is 14.7. The molecule has 0 atom stereocenters. The minimum Gasteiger partial charge on any atom is -0.514 e. The molecule has 0 spiro atoms. The average molecular weight is 409 g/mol. The standard InChI is InChI=1S/C21H22B3N5O2/c1-12-25-11-18(29(12)2)14-3-4-15-10-26-20(27-17(15)9-14)28-19(30)13-5-7-16(8-6-13)31-21(22,23)24/h3-11H,22-24H2,1-2H3,(H,26,27,28,30). The Labute approximate surface area is 183 Å². The minimum atomic E-state index is -0.296. The maximum Gasteiger partial charge on any atom is 0.258 e. The van der Waals surface area contributed by atoms with Crippen molar-refractivity contribution in [3.63, 3.8) is 0 Å². The van der Waals surface area contributed by atoms with Crippen molar-refractivity contribution < 1.29 is 9.53 Å². The van der Waals surface area contributed by atoms with E-state index >= 15 is 0 Å². The molecule has 0 aliphatic carbocycles. The van der Waals surface area contributed by atoms with Gasteiger partial charge in [-0.2, -0.15) is 0 Å². The summed E-state index contributed by atoms with van der Waals surface area (Å²) in [6.45, 7) is 1.96. The van der Waals surface area contributed by atoms with E-state index < -0.39 is 0 Å². The molecule has 0 radical (unpaired) electrons. The van der Waals surface area contributed by atoms with E-state index in [1.54, 1.807) is 30.5 Å². The van der Waals surface area contributed by atoms with Crippen LogP contribution in [0.5, 0.6) is 5.75 Å². The third-order valence-electron chi connectivity index (χ3n) is 4.86. The van der Waals surface area contributed by atoms with Crippen molar-refractivity contribution in [2.45, 2.75) is 12.2 Å². The van der Waals surface area contributed by atoms with Gasteiger partial charge < -0.3 is 9.30 Å². The number of benzene rings is 2. The molecule has 1 N–H and O–H groups in total. The second-order valence-corrected chi connectivity index (χ2v) is 8.41. The van der Waals surface area contributed by atoms with Crippen LogP contribution in [0, 0.1) is 6.92 Å². The van der Waals surface area contributed by atoms with Gasteiger partial charge in [0.25, 0.3) is 5.91 Å². The SMILES string of the molecule is BC(B)(B)Oc1ccc(C(=O)Nc2ncc3ccc(-c4cnc(C)n4C)cc3n2)cc1. The Morgan fingerprint density at radius 2 is 1.81 bits per heavy atom. The maximum atomic E-state index is 12.6. The summed E-state index contributed by atoms with van der Waals surface area (Å²) in [5.41, 5.74) is 3.25. The third-order valence-corrected chi connectivity index (χ3v) is 4.86. The summed E-state index contributed by atoms with van der Waals surface area (Å²) >= 11 is 0. The second kappa shape index (κ2) is 7.94. The van der Waals surface area contributed by atoms with Crippen molar-refractivity contribution in [3.05, 3.63) is 66.2 Å². The fraction of sp³-hybridized carbons (Fsp3) is 0.143. The van der Waals surface area contributed by atoms with Crippen LogP contribution in [0.15, 0.2) is 54.9 Å². The van der Waals surface area contributed by atoms with Crippen molar-refractivity contribution in [3.8, 4) is 17.0 Å². The zero-order chi connectivity index (χ0) is 22.2. The highest BCUT2D eigenvalue weighted by Gasteiger charge is 2.14. The monoisotopic (exact) mass is 409 g/mol. The Morgan fingerprint density at radius 3 is 2.45 bits per heavy atom. The first kappa shape index (κ1) is 20.7. The van der Waals surface area contributed by atoms with Crippen LogP contribution >= 0.6 is 0 Å². The smallest absolute Gasteiger partial charge is 0.258 e. The topological polar surface area (TPSA) is 81.9 Å². The number of aromatic nitrogens is 4. The highest BCUT2D eigenvalue weighted by atomic mass is 16.5. The van der Waals surface area contributed by atoms with Crippen molar-refractivity contribution in [1.82, 2.24) is 19.5 Å². The predicted octanol–water partition coefficient (Wildman–Crippen LogP) is 0.480. The number of nitrogens with zero attached hydrogens (tertiary/aromatic N) is 4. The van der Waals surface area contributed by atoms with E-state index in [-0.39, 0.29) is 17.2 Å². The molecule has 0 fully saturated rings. The summed E-state index contributed by atoms with van der Waals surface area (Å²) in [4.78, 5) is 25.8. The van der Waals surface area contributed by atoms with Gasteiger partial charge in [-0.15, -0.1) is 0 Å². The molecule has 1 amide bonds. The lowest BCUT2D eigenvalue weighted by molar-refractivity contribution is 0.102. The number of fused-ring (bicyclic) bond motifs is 1. The first-order valence-electron chi connectivity index (χ1n) is 10.1. The zero-order valence-corrected chi connectivity index (χ0v) is 18.3. The van der Waals surface area contributed by atoms with Gasteiger partial charge in [0.1, 0.15) is 35.1 Å². The molecule has 31 heavy (non-hydrogen) atoms. The molecule has 152 valence electrons. The molecule has 0 bridgehead atoms. The van der Waals surface area contributed by atoms with E-state index in [1.807, 2.05) is 66.5 Å². The van der Waals surface area contributed by atoms with Gasteiger partial charge >= 0.3 is 0 Å². The molecule has 4 aromatic rings. The third kappa shape index (κ3) is 4.63. The number of carbonyl (C=O) groups is 1. The molecule has 10 heteroatoms. The number of rotatable bonds is 5. The Hall–Kier alpha value is -3.55. The van der Waals surface area contributed by atoms with Gasteiger partial charge in [0.15, 0.2) is 0 Å². The van der Waals surface area contributed by atoms with Crippen LogP contribution in [-0.4, -0.2) is 54.3 Å². The fourth-order valence-electron chi connectivity index (χ4n) is 3.21. The molecule has 0 unspecified atom stereocenters. The minimum absolute atomic E-state index is 0.255. The summed E-state index contributed by atoms with van der Waals surface area (Å²) in [5.74, 6) is 1.62. The van der Waals surface area contributed by atoms with Gasteiger partial charge in [0.05, 0.1) is 17.4 Å². The number of amides is 1. The molecule has 0 aliphatic heterocycles. The molecule has 2 heterocycles. The Morgan fingerprint density at radius 1 is 1.06 bits per heavy atom. The highest BCUT2D eigenvalue weighted by molar-refractivity contribution is 6.58. The Bertz CT molecular complexity index is 1270. The van der Waals surface area contributed by atoms with Crippen LogP contribution in [0.2, 0.25) is 0 Å². The van der Waals surface area contributed by atoms with Gasteiger partial charge in [0.2, 0.25) is 5.95 Å². The number of carbonyl (C=O) groups excluding carboxylic acids is 1. The summed E-state index contributed by atoms with van der Waals surface area (Å²) in [5, 5.41) is 3.37. The van der Waals surface area contributed by atoms with Crippen LogP contribution in [0.3, 0.4) is 0 Å². The number of anilines is 1. The molecular weight excluding hydrogens is 387 g/mol. The van der Waals surface area contributed by atoms with Gasteiger partial charge in [-0.05, 0) is 37.3 Å². The largest absolute Gasteiger partial charge is 0.514 e. The lowest BCUT2D eigenvalue weighted by atomic mass is 9.52. The molecule has 2 aromatic heterocycles. The quantitative estimate of drug-likeness (QED) is 0.486. The number of imidazole rings is 1. The molecular formula is C21H22B3N5O2. The van der Waals surface area contributed by atoms with Crippen LogP contribution < -0.4 is 10.1 Å². The lowest BCUT2D eigenvalue weighted by Crippen LogP contribution is -2.37. The Balaban J connectivity index is 1.55. The molecule has 0 aliphatic rings. The van der Waals surface area contributed by atoms with E-state index in [2.05, 4.69) is 20.3 Å². The fourth-order valence-corrected chi connectivity index (χ4v) is 3.21. The van der Waals surface area contributed by atoms with Gasteiger partial charge in [-0.1, -0.05) is 12.1 Å². The van der Waals surface area contributed by atoms with Crippen molar-refractivity contribution in [2.75, 3.05) is 5.32 Å². The normalized spacial score (nSPS) is 11.4. The van der Waals surface area contributed by atoms with E-state index in [0.29, 0.717) is 11.3 Å². The molecule has 7 nitrogen and oxygen atoms in total. The number of nitrogens with one attached hydrogen (secondary N) is 1. The van der Waals surface area contributed by atoms with Crippen LogP contribution in [0.1, 0.15) is 16.2 Å². The lowest BCUT2D eigenvalue weighted by Gasteiger charge is -2.21. The number of hydrogen-bond donors (Lipinski definition) is 1. The maximum absolute atomic E-state index is 12.6. The van der Waals surface area contributed by atoms with Gasteiger partial charge in [0, 0.05) is 35.1 Å². The van der Waals surface area contributed by atoms with E-state index in [0.717, 1.165) is 28.0 Å². The average Bonchev–Trinajstić information content (AvgIpc) is 3.05. The number of hydrogen-bond acceptors (Lipinski definition) is 5. The van der Waals surface area contributed by atoms with Crippen molar-refractivity contribution >= 4 is 46.3 Å². The first-order valence-corrected chi connectivity index (χ1v) is 10.1. The van der Waals surface area contributed by atoms with Crippen molar-refractivity contribution in [1.29, 1.82) is 0 Å². The van der Waals surface area contributed by atoms with Crippen LogP contribution in [0.4, 0.5) is 5.95 Å². The van der Waals surface area contributed by atoms with Crippen LogP contribution in [-0.2, 0) is 7.05 Å². The number of aryl methyl sites for hydroxylation is 1. The summed E-state index contributed by atoms with van der Waals surface area (Å²) in [7, 11) is 7.91. The summed E-state index contributed by atoms with van der Waals surface area (Å²) in [6.07, 6.45) is 3.55. The van der Waals surface area contributed by atoms with E-state index in [4.69, 9.17) is 4.74 Å². The van der Waals surface area contributed by atoms with Gasteiger partial charge in [-0.25, -0.2) is 15.0 Å². The molecule has 2 aromatic carbocycles. The molecule has 4 rings (SSSR count). The summed E-state index contributed by atoms with van der Waals surface area (Å²) < 4.78 is 7.82. The zero-order valence-electron chi connectivity index (χ0n) is 18.3. The van der Waals surface area contributed by atoms with E-state index in [9.17, 15) is 4.79 Å². The van der Waals surface area contributed by atoms with Crippen molar-refractivity contribution in [2.24, 2.45) is 7.05 Å². The highest BCUT2D eigenvalue weighted by Crippen LogP contribution is 2.24. The predicted molar refractivity (Wildman–Crippen MR) is 130 cm³/mol. The van der Waals surface area contributed by atoms with Gasteiger partial charge in [-0.3, -0.25) is 10.1 Å². The molecule has 0 saturated carbocycles. The van der Waals surface area contributed by atoms with Crippen LogP contribution in [0.25, 0.3) is 22.2 Å². The Kier molecular flexibility index (Phi) is 5.31. The summed E-state index contributed by atoms with van der Waals surface area (Å²) in [6, 6.07) is 13.0.